The zero-order chi connectivity index (χ0) is 70.5. The molecule has 6 aliphatic rings. The second-order valence-corrected chi connectivity index (χ2v) is 29.4. The molecule has 1 aromatic heterocycles. The van der Waals surface area contributed by atoms with Gasteiger partial charge in [0.15, 0.2) is 11.5 Å². The van der Waals surface area contributed by atoms with Crippen molar-refractivity contribution in [3.63, 3.8) is 0 Å². The number of phenols is 1. The van der Waals surface area contributed by atoms with Crippen LogP contribution in [0, 0.1) is 17.8 Å². The smallest absolute Gasteiger partial charge is 0.446 e. The maximum atomic E-state index is 15.0. The number of piperazine rings is 1. The minimum Gasteiger partial charge on any atom is -0.504 e. The summed E-state index contributed by atoms with van der Waals surface area (Å²) < 4.78 is 37.1. The number of benzene rings is 2. The molecule has 0 unspecified atom stereocenters. The summed E-state index contributed by atoms with van der Waals surface area (Å²) in [5.74, 6) is -8.12. The summed E-state index contributed by atoms with van der Waals surface area (Å²) in [5.41, 5.74) is 2.08. The van der Waals surface area contributed by atoms with Crippen LogP contribution in [0.15, 0.2) is 42.5 Å². The van der Waals surface area contributed by atoms with Gasteiger partial charge in [0.1, 0.15) is 40.2 Å². The van der Waals surface area contributed by atoms with E-state index in [1.165, 1.54) is 64.6 Å². The highest BCUT2D eigenvalue weighted by molar-refractivity contribution is 7.81. The van der Waals surface area contributed by atoms with E-state index in [2.05, 4.69) is 80.3 Å². The zero-order valence-electron chi connectivity index (χ0n) is 55.4. The van der Waals surface area contributed by atoms with Crippen LogP contribution in [-0.4, -0.2) is 277 Å². The molecule has 31 nitrogen and oxygen atoms in total. The molecule has 2 aliphatic carbocycles. The number of amides is 6. The predicted molar refractivity (Wildman–Crippen MR) is 356 cm³/mol. The van der Waals surface area contributed by atoms with E-state index in [1.54, 1.807) is 11.3 Å². The average molecular weight is 1420 g/mol. The van der Waals surface area contributed by atoms with Crippen LogP contribution >= 0.6 is 11.3 Å². The number of aromatic hydroxyl groups is 1. The van der Waals surface area contributed by atoms with E-state index >= 15 is 0 Å². The molecule has 544 valence electrons. The Labute approximate surface area is 574 Å². The topological polar surface area (TPSA) is 459 Å². The third kappa shape index (κ3) is 20.0. The van der Waals surface area contributed by atoms with Gasteiger partial charge >= 0.3 is 10.4 Å². The number of β-amino-alcohol motifs (C(OH)–C–C–N with tert-alkyl or cyclic N) is 1. The van der Waals surface area contributed by atoms with Crippen LogP contribution in [0.1, 0.15) is 114 Å². The lowest BCUT2D eigenvalue weighted by Crippen LogP contribution is -2.64. The fourth-order valence-electron chi connectivity index (χ4n) is 14.3. The van der Waals surface area contributed by atoms with Gasteiger partial charge in [-0.15, -0.1) is 10.2 Å². The number of hydrogen-bond acceptors (Lipinski definition) is 25. The number of anilines is 1. The molecule has 4 aliphatic heterocycles. The van der Waals surface area contributed by atoms with Gasteiger partial charge in [-0.25, -0.2) is 0 Å². The first-order valence-electron chi connectivity index (χ1n) is 34.2. The Kier molecular flexibility index (Phi) is 27.0. The second kappa shape index (κ2) is 34.8. The minimum atomic E-state index is -5.22. The van der Waals surface area contributed by atoms with Crippen molar-refractivity contribution in [2.24, 2.45) is 17.8 Å². The number of nitrogens with one attached hydrogen (secondary N) is 6. The van der Waals surface area contributed by atoms with Crippen molar-refractivity contribution in [2.45, 2.75) is 189 Å². The van der Waals surface area contributed by atoms with E-state index in [-0.39, 0.29) is 37.0 Å². The lowest BCUT2D eigenvalue weighted by atomic mass is 9.82. The standard InChI is InChI=1S/C65H98N12O19S2/c1-36-32-77-56(57(36)86)61(90)68-31-45(81)28-47(67-30-39-8-11-41(12-9-39)62-72-73-63(97-62)42-13-15-44(16-14-42)75-24-22-74(23-25-75)21-19-38-6-4-3-5-7-38)58(87)69-53(37(2)80)64(91)76-33-46(82)29-48(76)59(88)70-54(51(85)26-40-10-17-49(83)52(27-40)96-98(93,94)95)60(89)71-55(65(77)92)50(84)18-20-66-43(34-78)35-79/h10,13-17,27,36-39,41,43,45-48,50-51,53-57,66-67,78-86H,3-9,11-12,18-26,28-35H2,1-2H3,(H,68,90)(H,69,87)(H,70,88)(H,71,89)(H,93,94,95)/t36-,37+,39?,41?,45+,46+,47-,48-,50+,51+,53-,54-,55-,56-,57-/m0/s1. The molecule has 0 spiro atoms. The Morgan fingerprint density at radius 1 is 0.735 bits per heavy atom. The van der Waals surface area contributed by atoms with Crippen LogP contribution < -0.4 is 41.0 Å². The van der Waals surface area contributed by atoms with Crippen molar-refractivity contribution in [3.05, 3.63) is 53.0 Å². The number of aliphatic hydroxyl groups excluding tert-OH is 8. The van der Waals surface area contributed by atoms with Gasteiger partial charge in [0.05, 0.1) is 61.9 Å². The Morgan fingerprint density at radius 2 is 1.41 bits per heavy atom. The minimum absolute atomic E-state index is 0.00614. The molecule has 9 rings (SSSR count). The molecular weight excluding hydrogens is 1320 g/mol. The molecule has 2 aromatic carbocycles. The molecule has 0 radical (unpaired) electrons. The van der Waals surface area contributed by atoms with Crippen LogP contribution in [0.3, 0.4) is 0 Å². The van der Waals surface area contributed by atoms with Crippen LogP contribution in [0.5, 0.6) is 11.5 Å². The number of phenolic OH excluding ortho intramolecular Hbond substituents is 1. The quantitative estimate of drug-likeness (QED) is 0.0466. The molecule has 16 N–H and O–H groups in total. The van der Waals surface area contributed by atoms with Crippen LogP contribution in [0.25, 0.3) is 10.6 Å². The summed E-state index contributed by atoms with van der Waals surface area (Å²) in [7, 11) is -5.22. The summed E-state index contributed by atoms with van der Waals surface area (Å²) in [5, 5.41) is 126. The Morgan fingerprint density at radius 3 is 2.08 bits per heavy atom. The second-order valence-electron chi connectivity index (χ2n) is 27.4. The van der Waals surface area contributed by atoms with Crippen LogP contribution in [-0.2, 0) is 45.6 Å². The molecule has 33 heteroatoms. The van der Waals surface area contributed by atoms with Crippen LogP contribution in [0.4, 0.5) is 5.69 Å². The molecule has 0 bridgehead atoms. The largest absolute Gasteiger partial charge is 0.504 e. The van der Waals surface area contributed by atoms with Gasteiger partial charge in [0.2, 0.25) is 35.4 Å². The van der Waals surface area contributed by atoms with E-state index in [4.69, 9.17) is 0 Å². The van der Waals surface area contributed by atoms with Crippen molar-refractivity contribution in [2.75, 3.05) is 83.6 Å². The van der Waals surface area contributed by atoms with Gasteiger partial charge in [0.25, 0.3) is 0 Å². The molecule has 4 saturated heterocycles. The molecule has 98 heavy (non-hydrogen) atoms. The van der Waals surface area contributed by atoms with Crippen molar-refractivity contribution in [1.82, 2.24) is 56.8 Å². The van der Waals surface area contributed by atoms with Crippen molar-refractivity contribution < 1.29 is 91.9 Å². The third-order valence-electron chi connectivity index (χ3n) is 20.1. The molecule has 2 saturated carbocycles. The number of nitrogens with zero attached hydrogens (tertiary/aromatic N) is 6. The summed E-state index contributed by atoms with van der Waals surface area (Å²) in [6.45, 7) is 5.48. The maximum absolute atomic E-state index is 15.0. The van der Waals surface area contributed by atoms with E-state index in [0.29, 0.717) is 12.8 Å². The van der Waals surface area contributed by atoms with Crippen molar-refractivity contribution >= 4 is 62.9 Å². The van der Waals surface area contributed by atoms with Gasteiger partial charge in [-0.1, -0.05) is 56.4 Å². The molecule has 6 amide bonds. The molecule has 3 aromatic rings. The number of fused-ring (bicyclic) bond motifs is 2. The number of aliphatic hydroxyl groups is 8. The van der Waals surface area contributed by atoms with Gasteiger partial charge in [-0.3, -0.25) is 38.2 Å². The van der Waals surface area contributed by atoms with Crippen molar-refractivity contribution in [3.8, 4) is 22.1 Å². The highest BCUT2D eigenvalue weighted by Crippen LogP contribution is 2.39. The normalized spacial score (nSPS) is 29.0. The van der Waals surface area contributed by atoms with Gasteiger partial charge in [-0.2, -0.15) is 8.42 Å². The zero-order valence-corrected chi connectivity index (χ0v) is 57.0. The highest BCUT2D eigenvalue weighted by Gasteiger charge is 2.50. The highest BCUT2D eigenvalue weighted by atomic mass is 32.3. The van der Waals surface area contributed by atoms with E-state index in [0.717, 1.165) is 88.5 Å². The number of carbonyl (C=O) groups is 6. The Hall–Kier alpha value is -6.31. The fraction of sp³-hybridized carbons (Fsp3) is 0.692. The van der Waals surface area contributed by atoms with E-state index < -0.39 is 194 Å². The summed E-state index contributed by atoms with van der Waals surface area (Å²) in [6, 6.07) is -0.251. The number of hydrogen-bond donors (Lipinski definition) is 16. The number of rotatable bonds is 22. The van der Waals surface area contributed by atoms with Crippen LogP contribution in [0.2, 0.25) is 0 Å². The SMILES string of the molecule is C[C@@H](O)[C@@H]1NC(=O)[C@@H](NCC2CCC(c3nnc(-c4ccc(N5CCN(CCC6CCCCC6)CC5)cc4)s3)CC2)C[C@@H](O)CNC(=O)[C@@H]2[C@@H](O)[C@@H](C)CN2C(=O)[C@H]([C@H](O)CCNC(CO)CO)NC(=O)[C@H]([C@H](O)Cc2ccc(O)c(OS(=O)(=O)O)c2)NC(=O)[C@@H]2C[C@@H](O)CN2C1=O. The monoisotopic (exact) mass is 1410 g/mol. The lowest BCUT2D eigenvalue weighted by molar-refractivity contribution is -0.147. The summed E-state index contributed by atoms with van der Waals surface area (Å²) in [4.78, 5) is 95.1. The summed E-state index contributed by atoms with van der Waals surface area (Å²) in [6.07, 6.45) is -1.12. The first kappa shape index (κ1) is 75.9. The average Bonchev–Trinajstić information content (AvgIpc) is 1.62. The van der Waals surface area contributed by atoms with Gasteiger partial charge in [-0.05, 0) is 125 Å². The van der Waals surface area contributed by atoms with Gasteiger partial charge < -0.3 is 96.7 Å². The third-order valence-corrected chi connectivity index (χ3v) is 21.7. The van der Waals surface area contributed by atoms with E-state index in [9.17, 15) is 87.7 Å². The summed E-state index contributed by atoms with van der Waals surface area (Å²) >= 11 is 1.56. The number of carbonyl (C=O) groups excluding carboxylic acids is 6. The molecule has 13 atom stereocenters. The fourth-order valence-corrected chi connectivity index (χ4v) is 15.7. The molecule has 6 fully saturated rings. The Bertz CT molecular complexity index is 3280. The first-order chi connectivity index (χ1) is 46.8. The van der Waals surface area contributed by atoms with Gasteiger partial charge in [0, 0.05) is 81.7 Å². The van der Waals surface area contributed by atoms with Crippen molar-refractivity contribution in [1.29, 1.82) is 0 Å². The molecule has 5 heterocycles. The maximum Gasteiger partial charge on any atom is 0.446 e. The number of aromatic nitrogens is 2. The van der Waals surface area contributed by atoms with E-state index in [1.807, 2.05) is 0 Å². The first-order valence-corrected chi connectivity index (χ1v) is 36.4. The predicted octanol–water partition coefficient (Wildman–Crippen LogP) is -2.40. The lowest BCUT2D eigenvalue weighted by Gasteiger charge is -2.37. The Balaban J connectivity index is 0.917. The molecular formula is C65H98N12O19S2.